The third kappa shape index (κ3) is 2.26. The van der Waals surface area contributed by atoms with Gasteiger partial charge < -0.3 is 15.3 Å². The van der Waals surface area contributed by atoms with Gasteiger partial charge in [0.25, 0.3) is 0 Å². The standard InChI is InChI=1S/C17H14ClN3/c18-13-1-3-15-12(10-21-17(15)8-13)9-20-14-2-4-16-11(7-14)5-6-19-16/h1-8,10,19-21H,9H2. The number of nitrogens with one attached hydrogen (secondary N) is 3. The Hall–Kier alpha value is -2.39. The summed E-state index contributed by atoms with van der Waals surface area (Å²) in [6.45, 7) is 0.775. The summed E-state index contributed by atoms with van der Waals surface area (Å²) in [5.41, 5.74) is 4.57. The highest BCUT2D eigenvalue weighted by atomic mass is 35.5. The van der Waals surface area contributed by atoms with Crippen LogP contribution in [-0.4, -0.2) is 9.97 Å². The van der Waals surface area contributed by atoms with Crippen LogP contribution in [-0.2, 0) is 6.54 Å². The van der Waals surface area contributed by atoms with Gasteiger partial charge in [-0.2, -0.15) is 0 Å². The van der Waals surface area contributed by atoms with Crippen LogP contribution in [0.3, 0.4) is 0 Å². The van der Waals surface area contributed by atoms with Crippen LogP contribution in [0.15, 0.2) is 54.9 Å². The van der Waals surface area contributed by atoms with E-state index in [1.54, 1.807) is 0 Å². The van der Waals surface area contributed by atoms with Gasteiger partial charge in [0.2, 0.25) is 0 Å². The van der Waals surface area contributed by atoms with E-state index in [1.165, 1.54) is 16.3 Å². The number of halogens is 1. The van der Waals surface area contributed by atoms with Crippen molar-refractivity contribution in [2.75, 3.05) is 5.32 Å². The molecule has 0 amide bonds. The molecule has 0 radical (unpaired) electrons. The maximum Gasteiger partial charge on any atom is 0.0472 e. The van der Waals surface area contributed by atoms with Crippen LogP contribution in [0.25, 0.3) is 21.8 Å². The number of aromatic amines is 2. The number of anilines is 1. The molecule has 21 heavy (non-hydrogen) atoms. The largest absolute Gasteiger partial charge is 0.381 e. The molecule has 0 fully saturated rings. The van der Waals surface area contributed by atoms with Crippen molar-refractivity contribution in [1.82, 2.24) is 9.97 Å². The van der Waals surface area contributed by atoms with Gasteiger partial charge in [0, 0.05) is 51.5 Å². The Labute approximate surface area is 126 Å². The Morgan fingerprint density at radius 1 is 0.952 bits per heavy atom. The molecule has 4 rings (SSSR count). The molecule has 0 atom stereocenters. The first-order valence-electron chi connectivity index (χ1n) is 6.86. The highest BCUT2D eigenvalue weighted by Crippen LogP contribution is 2.23. The minimum atomic E-state index is 0.752. The van der Waals surface area contributed by atoms with Crippen LogP contribution in [0.4, 0.5) is 5.69 Å². The highest BCUT2D eigenvalue weighted by molar-refractivity contribution is 6.31. The molecule has 0 aliphatic rings. The van der Waals surface area contributed by atoms with E-state index in [9.17, 15) is 0 Å². The number of benzene rings is 2. The van der Waals surface area contributed by atoms with E-state index >= 15 is 0 Å². The molecule has 3 N–H and O–H groups in total. The Balaban J connectivity index is 1.60. The van der Waals surface area contributed by atoms with Gasteiger partial charge >= 0.3 is 0 Å². The van der Waals surface area contributed by atoms with Gasteiger partial charge in [-0.05, 0) is 42.0 Å². The summed E-state index contributed by atoms with van der Waals surface area (Å²) in [6.07, 6.45) is 3.99. The molecule has 0 spiro atoms. The van der Waals surface area contributed by atoms with Crippen LogP contribution in [0.5, 0.6) is 0 Å². The first-order valence-corrected chi connectivity index (χ1v) is 7.24. The molecule has 4 aromatic rings. The van der Waals surface area contributed by atoms with Crippen molar-refractivity contribution >= 4 is 39.1 Å². The molecule has 104 valence electrons. The summed E-state index contributed by atoms with van der Waals surface area (Å²) in [4.78, 5) is 6.46. The molecule has 0 saturated heterocycles. The topological polar surface area (TPSA) is 43.6 Å². The van der Waals surface area contributed by atoms with E-state index in [4.69, 9.17) is 11.6 Å². The normalized spacial score (nSPS) is 11.3. The van der Waals surface area contributed by atoms with Crippen molar-refractivity contribution in [2.45, 2.75) is 6.54 Å². The van der Waals surface area contributed by atoms with Gasteiger partial charge in [0.1, 0.15) is 0 Å². The molecule has 0 unspecified atom stereocenters. The van der Waals surface area contributed by atoms with E-state index in [2.05, 4.69) is 45.6 Å². The zero-order valence-electron chi connectivity index (χ0n) is 11.3. The predicted octanol–water partition coefficient (Wildman–Crippen LogP) is 4.91. The summed E-state index contributed by atoms with van der Waals surface area (Å²) >= 11 is 6.01. The second-order valence-corrected chi connectivity index (χ2v) is 5.57. The first kappa shape index (κ1) is 12.4. The van der Waals surface area contributed by atoms with Gasteiger partial charge in [-0.1, -0.05) is 17.7 Å². The fourth-order valence-corrected chi connectivity index (χ4v) is 2.84. The Morgan fingerprint density at radius 3 is 2.86 bits per heavy atom. The molecule has 2 heterocycles. The van der Waals surface area contributed by atoms with E-state index in [0.717, 1.165) is 28.3 Å². The van der Waals surface area contributed by atoms with Crippen molar-refractivity contribution in [1.29, 1.82) is 0 Å². The summed E-state index contributed by atoms with van der Waals surface area (Å²) in [5.74, 6) is 0. The third-order valence-electron chi connectivity index (χ3n) is 3.77. The smallest absolute Gasteiger partial charge is 0.0472 e. The zero-order valence-corrected chi connectivity index (χ0v) is 12.0. The fourth-order valence-electron chi connectivity index (χ4n) is 2.67. The molecule has 2 aromatic carbocycles. The molecule has 0 saturated carbocycles. The summed E-state index contributed by atoms with van der Waals surface area (Å²) < 4.78 is 0. The number of aromatic nitrogens is 2. The van der Waals surface area contributed by atoms with E-state index < -0.39 is 0 Å². The molecule has 0 aliphatic heterocycles. The summed E-state index contributed by atoms with van der Waals surface area (Å²) in [5, 5.41) is 6.64. The average molecular weight is 296 g/mol. The number of hydrogen-bond donors (Lipinski definition) is 3. The monoisotopic (exact) mass is 295 g/mol. The first-order chi connectivity index (χ1) is 10.3. The quantitative estimate of drug-likeness (QED) is 0.494. The lowest BCUT2D eigenvalue weighted by atomic mass is 10.1. The van der Waals surface area contributed by atoms with E-state index in [0.29, 0.717) is 0 Å². The van der Waals surface area contributed by atoms with Crippen LogP contribution in [0.2, 0.25) is 5.02 Å². The van der Waals surface area contributed by atoms with Crippen LogP contribution < -0.4 is 5.32 Å². The summed E-state index contributed by atoms with van der Waals surface area (Å²) in [6, 6.07) is 14.3. The van der Waals surface area contributed by atoms with Gasteiger partial charge in [-0.15, -0.1) is 0 Å². The molecule has 0 bridgehead atoms. The Bertz CT molecular complexity index is 920. The number of fused-ring (bicyclic) bond motifs is 2. The fraction of sp³-hybridized carbons (Fsp3) is 0.0588. The summed E-state index contributed by atoms with van der Waals surface area (Å²) in [7, 11) is 0. The lowest BCUT2D eigenvalue weighted by Gasteiger charge is -2.06. The van der Waals surface area contributed by atoms with Crippen LogP contribution in [0, 0.1) is 0 Å². The van der Waals surface area contributed by atoms with Crippen LogP contribution in [0.1, 0.15) is 5.56 Å². The van der Waals surface area contributed by atoms with Crippen molar-refractivity contribution in [3.63, 3.8) is 0 Å². The predicted molar refractivity (Wildman–Crippen MR) is 88.9 cm³/mol. The molecule has 2 aromatic heterocycles. The maximum atomic E-state index is 6.01. The number of hydrogen-bond acceptors (Lipinski definition) is 1. The van der Waals surface area contributed by atoms with E-state index in [1.807, 2.05) is 24.5 Å². The number of H-pyrrole nitrogens is 2. The highest BCUT2D eigenvalue weighted by Gasteiger charge is 2.04. The molecular formula is C17H14ClN3. The third-order valence-corrected chi connectivity index (χ3v) is 4.00. The van der Waals surface area contributed by atoms with Gasteiger partial charge in [0.05, 0.1) is 0 Å². The van der Waals surface area contributed by atoms with Crippen molar-refractivity contribution in [3.05, 3.63) is 65.4 Å². The molecule has 3 nitrogen and oxygen atoms in total. The second kappa shape index (κ2) is 4.86. The van der Waals surface area contributed by atoms with Crippen molar-refractivity contribution in [3.8, 4) is 0 Å². The zero-order chi connectivity index (χ0) is 14.2. The van der Waals surface area contributed by atoms with Gasteiger partial charge in [-0.25, -0.2) is 0 Å². The SMILES string of the molecule is Clc1ccc2c(CNc3ccc4[nH]ccc4c3)c[nH]c2c1. The molecule has 0 aliphatic carbocycles. The minimum absolute atomic E-state index is 0.752. The minimum Gasteiger partial charge on any atom is -0.381 e. The average Bonchev–Trinajstić information content (AvgIpc) is 3.10. The van der Waals surface area contributed by atoms with Crippen LogP contribution >= 0.6 is 11.6 Å². The lowest BCUT2D eigenvalue weighted by molar-refractivity contribution is 1.16. The van der Waals surface area contributed by atoms with Crippen molar-refractivity contribution < 1.29 is 0 Å². The molecule has 4 heteroatoms. The van der Waals surface area contributed by atoms with E-state index in [-0.39, 0.29) is 0 Å². The number of rotatable bonds is 3. The van der Waals surface area contributed by atoms with Gasteiger partial charge in [-0.3, -0.25) is 0 Å². The Kier molecular flexibility index (Phi) is 2.86. The maximum absolute atomic E-state index is 6.01. The second-order valence-electron chi connectivity index (χ2n) is 5.14. The Morgan fingerprint density at radius 2 is 1.90 bits per heavy atom. The molecular weight excluding hydrogens is 282 g/mol. The lowest BCUT2D eigenvalue weighted by Crippen LogP contribution is -1.98. The van der Waals surface area contributed by atoms with Gasteiger partial charge in [0.15, 0.2) is 0 Å². The van der Waals surface area contributed by atoms with Crippen molar-refractivity contribution in [2.24, 2.45) is 0 Å².